The zero-order valence-corrected chi connectivity index (χ0v) is 20.9. The third-order valence-corrected chi connectivity index (χ3v) is 7.24. The second-order valence-corrected chi connectivity index (χ2v) is 9.37. The van der Waals surface area contributed by atoms with E-state index in [4.69, 9.17) is 4.74 Å². The number of benzene rings is 2. The van der Waals surface area contributed by atoms with Crippen molar-refractivity contribution in [3.8, 4) is 5.75 Å². The summed E-state index contributed by atoms with van der Waals surface area (Å²) in [6.45, 7) is 7.07. The summed E-state index contributed by atoms with van der Waals surface area (Å²) in [6, 6.07) is 17.8. The number of halogens is 1. The smallest absolute Gasteiger partial charge is 0.173 e. The van der Waals surface area contributed by atoms with Gasteiger partial charge in [-0.05, 0) is 53.5 Å². The van der Waals surface area contributed by atoms with E-state index in [1.807, 2.05) is 16.8 Å². The van der Waals surface area contributed by atoms with Crippen LogP contribution in [0.25, 0.3) is 0 Å². The lowest BCUT2D eigenvalue weighted by Gasteiger charge is -2.41. The summed E-state index contributed by atoms with van der Waals surface area (Å²) in [5.74, 6) is 1.76. The fraction of sp³-hybridized carbons (Fsp3) is 0.500. The van der Waals surface area contributed by atoms with Crippen LogP contribution in [-0.2, 0) is 6.54 Å². The molecular weight excluding hydrogens is 448 g/mol. The lowest BCUT2D eigenvalue weighted by atomic mass is 10.0. The van der Waals surface area contributed by atoms with Gasteiger partial charge in [-0.1, -0.05) is 54.8 Å². The molecule has 1 aromatic heterocycles. The number of hydrogen-bond acceptors (Lipinski definition) is 6. The lowest BCUT2D eigenvalue weighted by molar-refractivity contribution is -0.00000735. The first-order chi connectivity index (χ1) is 16.2. The van der Waals surface area contributed by atoms with Crippen LogP contribution in [0.3, 0.4) is 0 Å². The molecule has 2 heterocycles. The van der Waals surface area contributed by atoms with Gasteiger partial charge in [0.05, 0.1) is 19.7 Å². The van der Waals surface area contributed by atoms with Gasteiger partial charge in [0.15, 0.2) is 5.82 Å². The molecule has 0 bridgehead atoms. The second kappa shape index (κ2) is 11.3. The van der Waals surface area contributed by atoms with Crippen LogP contribution in [-0.4, -0.2) is 69.3 Å². The molecule has 1 atom stereocenters. The van der Waals surface area contributed by atoms with Gasteiger partial charge in [0.25, 0.3) is 0 Å². The Balaban J connectivity index is 0.00000274. The quantitative estimate of drug-likeness (QED) is 0.495. The summed E-state index contributed by atoms with van der Waals surface area (Å²) in [5.41, 5.74) is 3.67. The Kier molecular flexibility index (Phi) is 8.19. The number of methoxy groups -OCH3 is 1. The molecule has 0 radical (unpaired) electrons. The molecule has 2 fully saturated rings. The predicted molar refractivity (Wildman–Crippen MR) is 128 cm³/mol. The van der Waals surface area contributed by atoms with Crippen molar-refractivity contribution in [2.24, 2.45) is 0 Å². The van der Waals surface area contributed by atoms with E-state index < -0.39 is 0 Å². The molecule has 1 saturated heterocycles. The van der Waals surface area contributed by atoms with Gasteiger partial charge in [-0.2, -0.15) is 0 Å². The van der Waals surface area contributed by atoms with Crippen LogP contribution in [0, 0.1) is 6.92 Å². The van der Waals surface area contributed by atoms with Gasteiger partial charge in [0, 0.05) is 32.2 Å². The Hall–Kier alpha value is -2.48. The summed E-state index contributed by atoms with van der Waals surface area (Å²) in [5, 5.41) is 13.0. The molecule has 1 saturated carbocycles. The molecule has 3 aromatic rings. The number of hydrogen-bond donors (Lipinski definition) is 0. The monoisotopic (exact) mass is 481 g/mol. The van der Waals surface area contributed by atoms with E-state index >= 15 is 0 Å². The first kappa shape index (κ1) is 24.6. The highest BCUT2D eigenvalue weighted by Crippen LogP contribution is 2.31. The molecule has 1 unspecified atom stereocenters. The molecule has 2 aromatic carbocycles. The van der Waals surface area contributed by atoms with Gasteiger partial charge >= 0.3 is 0 Å². The molecule has 182 valence electrons. The van der Waals surface area contributed by atoms with E-state index in [-0.39, 0.29) is 18.4 Å². The molecule has 8 heteroatoms. The van der Waals surface area contributed by atoms with E-state index in [0.29, 0.717) is 6.54 Å². The average Bonchev–Trinajstić information content (AvgIpc) is 3.55. The van der Waals surface area contributed by atoms with E-state index in [2.05, 4.69) is 68.6 Å². The van der Waals surface area contributed by atoms with Crippen LogP contribution in [0.1, 0.15) is 54.2 Å². The molecule has 0 spiro atoms. The largest absolute Gasteiger partial charge is 1.00 e. The maximum atomic E-state index is 5.30. The highest BCUT2D eigenvalue weighted by molar-refractivity contribution is 5.30. The van der Waals surface area contributed by atoms with Crippen molar-refractivity contribution >= 4 is 0 Å². The Bertz CT molecular complexity index is 1020. The van der Waals surface area contributed by atoms with Gasteiger partial charge in [-0.25, -0.2) is 4.68 Å². The van der Waals surface area contributed by atoms with Crippen molar-refractivity contribution in [1.82, 2.24) is 30.0 Å². The number of piperazine rings is 1. The zero-order valence-electron chi connectivity index (χ0n) is 20.1. The fourth-order valence-electron chi connectivity index (χ4n) is 5.33. The van der Waals surface area contributed by atoms with Crippen molar-refractivity contribution < 1.29 is 17.1 Å². The van der Waals surface area contributed by atoms with Crippen molar-refractivity contribution in [3.63, 3.8) is 0 Å². The Labute approximate surface area is 208 Å². The number of rotatable bonds is 7. The summed E-state index contributed by atoms with van der Waals surface area (Å²) in [7, 11) is 1.69. The van der Waals surface area contributed by atoms with Crippen molar-refractivity contribution in [3.05, 3.63) is 71.0 Å². The summed E-state index contributed by atoms with van der Waals surface area (Å²) in [6.07, 6.45) is 5.50. The first-order valence-electron chi connectivity index (χ1n) is 12.1. The van der Waals surface area contributed by atoms with E-state index in [9.17, 15) is 0 Å². The maximum absolute atomic E-state index is 5.30. The van der Waals surface area contributed by atoms with Gasteiger partial charge in [-0.3, -0.25) is 9.80 Å². The van der Waals surface area contributed by atoms with Gasteiger partial charge in [-0.15, -0.1) is 5.10 Å². The third-order valence-electron chi connectivity index (χ3n) is 7.24. The minimum Gasteiger partial charge on any atom is -1.00 e. The molecule has 1 aliphatic heterocycles. The molecule has 0 amide bonds. The maximum Gasteiger partial charge on any atom is 0.173 e. The van der Waals surface area contributed by atoms with Crippen LogP contribution in [0.5, 0.6) is 5.75 Å². The van der Waals surface area contributed by atoms with Gasteiger partial charge in [0.1, 0.15) is 5.75 Å². The normalized spacial score (nSPS) is 18.5. The molecule has 7 nitrogen and oxygen atoms in total. The molecule has 1 aliphatic carbocycles. The highest BCUT2D eigenvalue weighted by Gasteiger charge is 2.33. The Morgan fingerprint density at radius 1 is 0.941 bits per heavy atom. The van der Waals surface area contributed by atoms with E-state index in [1.54, 1.807) is 7.11 Å². The molecule has 5 rings (SSSR count). The average molecular weight is 482 g/mol. The summed E-state index contributed by atoms with van der Waals surface area (Å²) < 4.78 is 7.25. The number of ether oxygens (including phenoxy) is 1. The van der Waals surface area contributed by atoms with E-state index in [0.717, 1.165) is 49.4 Å². The first-order valence-corrected chi connectivity index (χ1v) is 12.1. The topological polar surface area (TPSA) is 59.3 Å². The van der Waals surface area contributed by atoms with Crippen LogP contribution in [0.15, 0.2) is 48.5 Å². The lowest BCUT2D eigenvalue weighted by Crippen LogP contribution is -3.00. The molecule has 34 heavy (non-hydrogen) atoms. The van der Waals surface area contributed by atoms with Crippen LogP contribution in [0.4, 0.5) is 0 Å². The van der Waals surface area contributed by atoms with E-state index in [1.165, 1.54) is 36.8 Å². The number of aromatic nitrogens is 4. The Morgan fingerprint density at radius 3 is 2.26 bits per heavy atom. The number of nitrogens with zero attached hydrogens (tertiary/aromatic N) is 6. The number of aryl methyl sites for hydroxylation is 1. The van der Waals surface area contributed by atoms with Crippen molar-refractivity contribution in [2.45, 2.75) is 51.2 Å². The van der Waals surface area contributed by atoms with Crippen molar-refractivity contribution in [2.75, 3.05) is 33.3 Å². The van der Waals surface area contributed by atoms with Crippen LogP contribution >= 0.6 is 0 Å². The summed E-state index contributed by atoms with van der Waals surface area (Å²) >= 11 is 0. The SMILES string of the molecule is COc1ccc(Cn2nnnc2C(c2ccc(C)cc2)N2CCN(C3CCCC3)CC2)cc1.[Cl-]. The second-order valence-electron chi connectivity index (χ2n) is 9.37. The third kappa shape index (κ3) is 5.43. The van der Waals surface area contributed by atoms with Crippen LogP contribution < -0.4 is 17.1 Å². The molecular formula is C26H34ClN6O-. The minimum absolute atomic E-state index is 0. The van der Waals surface area contributed by atoms with Gasteiger partial charge < -0.3 is 17.1 Å². The molecule has 0 N–H and O–H groups in total. The fourth-order valence-corrected chi connectivity index (χ4v) is 5.33. The van der Waals surface area contributed by atoms with Gasteiger partial charge in [0.2, 0.25) is 0 Å². The highest BCUT2D eigenvalue weighted by atomic mass is 35.5. The standard InChI is InChI=1S/C26H34N6O.ClH/c1-20-7-11-22(12-8-20)25(31-17-15-30(16-18-31)23-5-3-4-6-23)26-27-28-29-32(26)19-21-9-13-24(33-2)14-10-21;/h7-14,23,25H,3-6,15-19H2,1-2H3;1H/p-1. The number of tetrazole rings is 1. The minimum atomic E-state index is 0. The van der Waals surface area contributed by atoms with Crippen molar-refractivity contribution in [1.29, 1.82) is 0 Å². The van der Waals surface area contributed by atoms with Crippen LogP contribution in [0.2, 0.25) is 0 Å². The zero-order chi connectivity index (χ0) is 22.6. The molecule has 2 aliphatic rings. The Morgan fingerprint density at radius 2 is 1.62 bits per heavy atom. The predicted octanol–water partition coefficient (Wildman–Crippen LogP) is 0.692. The summed E-state index contributed by atoms with van der Waals surface area (Å²) in [4.78, 5) is 5.27.